The van der Waals surface area contributed by atoms with Crippen molar-refractivity contribution in [3.8, 4) is 11.5 Å². The van der Waals surface area contributed by atoms with E-state index in [-0.39, 0.29) is 10.5 Å². The van der Waals surface area contributed by atoms with Crippen LogP contribution >= 0.6 is 0 Å². The van der Waals surface area contributed by atoms with Crippen molar-refractivity contribution < 1.29 is 27.8 Å². The van der Waals surface area contributed by atoms with Gasteiger partial charge < -0.3 is 14.6 Å². The van der Waals surface area contributed by atoms with Gasteiger partial charge >= 0.3 is 5.97 Å². The first kappa shape index (κ1) is 18.5. The lowest BCUT2D eigenvalue weighted by Gasteiger charge is -2.11. The highest BCUT2D eigenvalue weighted by Gasteiger charge is 2.17. The molecule has 2 aromatic rings. The second kappa shape index (κ2) is 7.40. The zero-order chi connectivity index (χ0) is 18.6. The zero-order valence-corrected chi connectivity index (χ0v) is 14.8. The van der Waals surface area contributed by atoms with Crippen molar-refractivity contribution in [3.63, 3.8) is 0 Å². The third-order valence-electron chi connectivity index (χ3n) is 3.55. The highest BCUT2D eigenvalue weighted by Crippen LogP contribution is 2.31. The molecule has 0 saturated heterocycles. The standard InChI is InChI=1S/C18H18O6S/c1-23-13-6-9-17(24-2)15(11-13)16(18(19)20)10-12-4-7-14(8-5-12)25(3,21)22/h4-11H,1-3H3,(H,19,20)/b16-10+. The normalized spacial score (nSPS) is 11.9. The number of rotatable bonds is 6. The SMILES string of the molecule is COc1ccc(OC)c(/C(=C\c2ccc(S(C)(=O)=O)cc2)C(=O)O)c1. The van der Waals surface area contributed by atoms with E-state index in [9.17, 15) is 18.3 Å². The number of carbonyl (C=O) groups is 1. The smallest absolute Gasteiger partial charge is 0.336 e. The molecule has 2 rings (SSSR count). The van der Waals surface area contributed by atoms with Crippen LogP contribution in [-0.4, -0.2) is 40.0 Å². The third kappa shape index (κ3) is 4.39. The number of benzene rings is 2. The molecule has 0 spiro atoms. The molecule has 2 aromatic carbocycles. The molecule has 0 aliphatic heterocycles. The summed E-state index contributed by atoms with van der Waals surface area (Å²) in [5.41, 5.74) is 0.916. The second-order valence-electron chi connectivity index (χ2n) is 5.27. The maximum atomic E-state index is 11.7. The Bertz CT molecular complexity index is 911. The molecule has 6 nitrogen and oxygen atoms in total. The quantitative estimate of drug-likeness (QED) is 0.628. The first-order chi connectivity index (χ1) is 11.8. The van der Waals surface area contributed by atoms with Gasteiger partial charge in [-0.25, -0.2) is 13.2 Å². The maximum Gasteiger partial charge on any atom is 0.336 e. The number of hydrogen-bond acceptors (Lipinski definition) is 5. The summed E-state index contributed by atoms with van der Waals surface area (Å²) in [5.74, 6) is -0.253. The van der Waals surface area contributed by atoms with Crippen LogP contribution in [0.4, 0.5) is 0 Å². The van der Waals surface area contributed by atoms with Crippen LogP contribution < -0.4 is 9.47 Å². The number of methoxy groups -OCH3 is 2. The van der Waals surface area contributed by atoms with Crippen LogP contribution in [0, 0.1) is 0 Å². The zero-order valence-electron chi connectivity index (χ0n) is 14.0. The van der Waals surface area contributed by atoms with Crippen molar-refractivity contribution >= 4 is 27.5 Å². The van der Waals surface area contributed by atoms with Gasteiger partial charge in [0.2, 0.25) is 0 Å². The van der Waals surface area contributed by atoms with Crippen LogP contribution in [0.3, 0.4) is 0 Å². The number of carboxylic acid groups (broad SMARTS) is 1. The predicted molar refractivity (Wildman–Crippen MR) is 94.6 cm³/mol. The van der Waals surface area contributed by atoms with Crippen LogP contribution in [-0.2, 0) is 14.6 Å². The van der Waals surface area contributed by atoms with Crippen LogP contribution in [0.2, 0.25) is 0 Å². The summed E-state index contributed by atoms with van der Waals surface area (Å²) in [6.07, 6.45) is 2.56. The monoisotopic (exact) mass is 362 g/mol. The third-order valence-corrected chi connectivity index (χ3v) is 4.67. The average molecular weight is 362 g/mol. The fourth-order valence-corrected chi connectivity index (χ4v) is 2.89. The van der Waals surface area contributed by atoms with Gasteiger partial charge in [-0.2, -0.15) is 0 Å². The van der Waals surface area contributed by atoms with Gasteiger partial charge in [0.25, 0.3) is 0 Å². The Morgan fingerprint density at radius 3 is 2.16 bits per heavy atom. The van der Waals surface area contributed by atoms with Gasteiger partial charge in [-0.05, 0) is 42.0 Å². The fraction of sp³-hybridized carbons (Fsp3) is 0.167. The van der Waals surface area contributed by atoms with Crippen LogP contribution in [0.5, 0.6) is 11.5 Å². The number of ether oxygens (including phenoxy) is 2. The van der Waals surface area contributed by atoms with Gasteiger partial charge in [-0.15, -0.1) is 0 Å². The fourth-order valence-electron chi connectivity index (χ4n) is 2.26. The van der Waals surface area contributed by atoms with Crippen molar-refractivity contribution in [1.82, 2.24) is 0 Å². The molecule has 0 heterocycles. The lowest BCUT2D eigenvalue weighted by atomic mass is 10.0. The molecule has 0 aliphatic rings. The minimum Gasteiger partial charge on any atom is -0.497 e. The summed E-state index contributed by atoms with van der Waals surface area (Å²) in [5, 5.41) is 9.59. The molecular formula is C18H18O6S. The number of sulfone groups is 1. The molecule has 0 atom stereocenters. The lowest BCUT2D eigenvalue weighted by Crippen LogP contribution is -2.03. The van der Waals surface area contributed by atoms with Gasteiger partial charge in [0.05, 0.1) is 24.7 Å². The second-order valence-corrected chi connectivity index (χ2v) is 7.29. The molecular weight excluding hydrogens is 344 g/mol. The largest absolute Gasteiger partial charge is 0.497 e. The van der Waals surface area contributed by atoms with E-state index in [1.165, 1.54) is 32.4 Å². The maximum absolute atomic E-state index is 11.7. The van der Waals surface area contributed by atoms with E-state index < -0.39 is 15.8 Å². The Labute approximate surface area is 146 Å². The van der Waals surface area contributed by atoms with E-state index >= 15 is 0 Å². The first-order valence-electron chi connectivity index (χ1n) is 7.23. The van der Waals surface area contributed by atoms with E-state index in [1.807, 2.05) is 0 Å². The summed E-state index contributed by atoms with van der Waals surface area (Å²) in [6, 6.07) is 10.8. The molecule has 0 saturated carbocycles. The average Bonchev–Trinajstić information content (AvgIpc) is 2.58. The van der Waals surface area contributed by atoms with Crippen LogP contribution in [0.25, 0.3) is 11.6 Å². The molecule has 0 amide bonds. The Hall–Kier alpha value is -2.80. The Morgan fingerprint density at radius 1 is 1.04 bits per heavy atom. The Kier molecular flexibility index (Phi) is 5.48. The van der Waals surface area contributed by atoms with E-state index in [0.717, 1.165) is 6.26 Å². The summed E-state index contributed by atoms with van der Waals surface area (Å²) in [6.45, 7) is 0. The topological polar surface area (TPSA) is 89.9 Å². The molecule has 0 unspecified atom stereocenters. The predicted octanol–water partition coefficient (Wildman–Crippen LogP) is 2.73. The van der Waals surface area contributed by atoms with Gasteiger partial charge in [-0.3, -0.25) is 0 Å². The van der Waals surface area contributed by atoms with Crippen molar-refractivity contribution in [2.45, 2.75) is 4.90 Å². The van der Waals surface area contributed by atoms with Gasteiger partial charge in [0.15, 0.2) is 9.84 Å². The van der Waals surface area contributed by atoms with Crippen molar-refractivity contribution in [2.75, 3.05) is 20.5 Å². The lowest BCUT2D eigenvalue weighted by molar-refractivity contribution is -0.130. The first-order valence-corrected chi connectivity index (χ1v) is 9.13. The highest BCUT2D eigenvalue weighted by atomic mass is 32.2. The molecule has 0 bridgehead atoms. The van der Waals surface area contributed by atoms with Gasteiger partial charge in [0.1, 0.15) is 11.5 Å². The summed E-state index contributed by atoms with van der Waals surface area (Å²) >= 11 is 0. The van der Waals surface area contributed by atoms with Crippen LogP contribution in [0.15, 0.2) is 47.4 Å². The Balaban J connectivity index is 2.55. The molecule has 1 N–H and O–H groups in total. The molecule has 0 radical (unpaired) electrons. The molecule has 0 aromatic heterocycles. The van der Waals surface area contributed by atoms with E-state index in [1.54, 1.807) is 30.3 Å². The number of carboxylic acids is 1. The van der Waals surface area contributed by atoms with E-state index in [4.69, 9.17) is 9.47 Å². The summed E-state index contributed by atoms with van der Waals surface area (Å²) < 4.78 is 33.4. The number of hydrogen-bond donors (Lipinski definition) is 1. The molecule has 132 valence electrons. The summed E-state index contributed by atoms with van der Waals surface area (Å²) in [7, 11) is -0.374. The Morgan fingerprint density at radius 2 is 1.68 bits per heavy atom. The molecule has 7 heteroatoms. The summed E-state index contributed by atoms with van der Waals surface area (Å²) in [4.78, 5) is 11.9. The number of aliphatic carboxylic acids is 1. The van der Waals surface area contributed by atoms with Crippen LogP contribution in [0.1, 0.15) is 11.1 Å². The minimum absolute atomic E-state index is 0.00264. The van der Waals surface area contributed by atoms with Crippen molar-refractivity contribution in [1.29, 1.82) is 0 Å². The molecule has 25 heavy (non-hydrogen) atoms. The van der Waals surface area contributed by atoms with Gasteiger partial charge in [-0.1, -0.05) is 12.1 Å². The van der Waals surface area contributed by atoms with Crippen molar-refractivity contribution in [2.24, 2.45) is 0 Å². The molecule has 0 aliphatic carbocycles. The van der Waals surface area contributed by atoms with E-state index in [0.29, 0.717) is 22.6 Å². The van der Waals surface area contributed by atoms with E-state index in [2.05, 4.69) is 0 Å². The highest BCUT2D eigenvalue weighted by molar-refractivity contribution is 7.90. The molecule has 0 fully saturated rings. The minimum atomic E-state index is -3.31. The van der Waals surface area contributed by atoms with Gasteiger partial charge in [0, 0.05) is 11.8 Å². The van der Waals surface area contributed by atoms with Crippen molar-refractivity contribution in [3.05, 3.63) is 53.6 Å².